The minimum absolute atomic E-state index is 0.0494. The highest BCUT2D eigenvalue weighted by atomic mass is 16.2. The molecule has 1 saturated heterocycles. The van der Waals surface area contributed by atoms with Gasteiger partial charge in [-0.05, 0) is 25.0 Å². The number of hydrogen-bond donors (Lipinski definition) is 2. The molecule has 2 rings (SSSR count). The number of carbonyl (C=O) groups is 2. The summed E-state index contributed by atoms with van der Waals surface area (Å²) < 4.78 is 0. The summed E-state index contributed by atoms with van der Waals surface area (Å²) in [5, 5.41) is 5.58. The largest absolute Gasteiger partial charge is 0.355 e. The van der Waals surface area contributed by atoms with Crippen LogP contribution in [0.1, 0.15) is 17.5 Å². The number of anilines is 1. The van der Waals surface area contributed by atoms with Crippen molar-refractivity contribution in [2.45, 2.75) is 20.3 Å². The first kappa shape index (κ1) is 11.6. The van der Waals surface area contributed by atoms with Crippen LogP contribution in [0.3, 0.4) is 0 Å². The molecule has 1 atom stereocenters. The van der Waals surface area contributed by atoms with E-state index in [1.54, 1.807) is 0 Å². The fourth-order valence-corrected chi connectivity index (χ4v) is 2.03. The molecule has 1 fully saturated rings. The first-order valence-electron chi connectivity index (χ1n) is 5.71. The molecule has 1 aliphatic rings. The van der Waals surface area contributed by atoms with Crippen LogP contribution in [-0.4, -0.2) is 18.4 Å². The van der Waals surface area contributed by atoms with Crippen LogP contribution in [-0.2, 0) is 9.59 Å². The van der Waals surface area contributed by atoms with Gasteiger partial charge < -0.3 is 10.6 Å². The van der Waals surface area contributed by atoms with Gasteiger partial charge >= 0.3 is 0 Å². The van der Waals surface area contributed by atoms with Gasteiger partial charge in [0.1, 0.15) is 0 Å². The second kappa shape index (κ2) is 4.57. The highest BCUT2D eigenvalue weighted by Crippen LogP contribution is 2.21. The minimum Gasteiger partial charge on any atom is -0.355 e. The summed E-state index contributed by atoms with van der Waals surface area (Å²) in [6, 6.07) is 5.88. The van der Waals surface area contributed by atoms with Gasteiger partial charge in [-0.15, -0.1) is 0 Å². The normalized spacial score (nSPS) is 18.9. The van der Waals surface area contributed by atoms with E-state index in [0.29, 0.717) is 6.54 Å². The third-order valence-electron chi connectivity index (χ3n) is 3.08. The van der Waals surface area contributed by atoms with Crippen LogP contribution in [0.2, 0.25) is 0 Å². The zero-order valence-electron chi connectivity index (χ0n) is 10.0. The number of para-hydroxylation sites is 1. The zero-order chi connectivity index (χ0) is 12.4. The molecule has 0 spiro atoms. The number of benzene rings is 1. The van der Waals surface area contributed by atoms with Crippen molar-refractivity contribution in [3.63, 3.8) is 0 Å². The van der Waals surface area contributed by atoms with Gasteiger partial charge in [-0.2, -0.15) is 0 Å². The molecule has 90 valence electrons. The summed E-state index contributed by atoms with van der Waals surface area (Å²) >= 11 is 0. The topological polar surface area (TPSA) is 58.2 Å². The molecule has 4 nitrogen and oxygen atoms in total. The monoisotopic (exact) mass is 232 g/mol. The second-order valence-corrected chi connectivity index (χ2v) is 4.46. The van der Waals surface area contributed by atoms with Crippen molar-refractivity contribution < 1.29 is 9.59 Å². The predicted molar refractivity (Wildman–Crippen MR) is 65.7 cm³/mol. The van der Waals surface area contributed by atoms with Crippen molar-refractivity contribution in [2.24, 2.45) is 5.92 Å². The number of carbonyl (C=O) groups excluding carboxylic acids is 2. The number of nitrogens with one attached hydrogen (secondary N) is 2. The van der Waals surface area contributed by atoms with Crippen LogP contribution in [0, 0.1) is 19.8 Å². The van der Waals surface area contributed by atoms with Gasteiger partial charge in [-0.25, -0.2) is 0 Å². The lowest BCUT2D eigenvalue weighted by atomic mass is 10.1. The molecule has 0 saturated carbocycles. The summed E-state index contributed by atoms with van der Waals surface area (Å²) in [4.78, 5) is 23.0. The molecule has 17 heavy (non-hydrogen) atoms. The maximum absolute atomic E-state index is 12.0. The third-order valence-corrected chi connectivity index (χ3v) is 3.08. The lowest BCUT2D eigenvalue weighted by molar-refractivity contribution is -0.123. The molecule has 0 radical (unpaired) electrons. The average molecular weight is 232 g/mol. The highest BCUT2D eigenvalue weighted by molar-refractivity contribution is 5.98. The Bertz CT molecular complexity index is 448. The Balaban J connectivity index is 2.11. The Morgan fingerprint density at radius 1 is 1.35 bits per heavy atom. The summed E-state index contributed by atoms with van der Waals surface area (Å²) in [6.45, 7) is 4.36. The smallest absolute Gasteiger partial charge is 0.229 e. The second-order valence-electron chi connectivity index (χ2n) is 4.46. The van der Waals surface area contributed by atoms with E-state index >= 15 is 0 Å². The Morgan fingerprint density at radius 3 is 2.53 bits per heavy atom. The van der Waals surface area contributed by atoms with Crippen molar-refractivity contribution in [3.05, 3.63) is 29.3 Å². The van der Waals surface area contributed by atoms with E-state index in [9.17, 15) is 9.59 Å². The van der Waals surface area contributed by atoms with Crippen LogP contribution in [0.15, 0.2) is 18.2 Å². The first-order valence-corrected chi connectivity index (χ1v) is 5.71. The Kier molecular flexibility index (Phi) is 3.13. The summed E-state index contributed by atoms with van der Waals surface area (Å²) in [5.74, 6) is -0.381. The summed E-state index contributed by atoms with van der Waals surface area (Å²) in [7, 11) is 0. The number of aryl methyl sites for hydroxylation is 2. The lowest BCUT2D eigenvalue weighted by Gasteiger charge is -2.13. The van der Waals surface area contributed by atoms with Crippen molar-refractivity contribution in [1.29, 1.82) is 0 Å². The summed E-state index contributed by atoms with van der Waals surface area (Å²) in [6.07, 6.45) is 0.288. The maximum atomic E-state index is 12.0. The molecule has 1 heterocycles. The van der Waals surface area contributed by atoms with Crippen molar-refractivity contribution in [2.75, 3.05) is 11.9 Å². The van der Waals surface area contributed by atoms with Crippen LogP contribution < -0.4 is 10.6 Å². The van der Waals surface area contributed by atoms with E-state index in [1.807, 2.05) is 32.0 Å². The maximum Gasteiger partial charge on any atom is 0.229 e. The van der Waals surface area contributed by atoms with Gasteiger partial charge in [0.25, 0.3) is 0 Å². The first-order chi connectivity index (χ1) is 8.08. The number of amides is 2. The van der Waals surface area contributed by atoms with E-state index in [0.717, 1.165) is 16.8 Å². The molecule has 0 aliphatic carbocycles. The quantitative estimate of drug-likeness (QED) is 0.809. The summed E-state index contributed by atoms with van der Waals surface area (Å²) in [5.41, 5.74) is 2.93. The number of rotatable bonds is 2. The van der Waals surface area contributed by atoms with Gasteiger partial charge in [0.15, 0.2) is 0 Å². The van der Waals surface area contributed by atoms with Gasteiger partial charge in [0, 0.05) is 18.7 Å². The van der Waals surface area contributed by atoms with Crippen LogP contribution in [0.25, 0.3) is 0 Å². The van der Waals surface area contributed by atoms with Gasteiger partial charge in [-0.1, -0.05) is 18.2 Å². The molecule has 0 aromatic heterocycles. The van der Waals surface area contributed by atoms with Crippen molar-refractivity contribution in [3.8, 4) is 0 Å². The SMILES string of the molecule is Cc1cccc(C)c1NC(=O)C1CNC(=O)C1. The van der Waals surface area contributed by atoms with Crippen molar-refractivity contribution >= 4 is 17.5 Å². The van der Waals surface area contributed by atoms with Crippen LogP contribution in [0.5, 0.6) is 0 Å². The number of hydrogen-bond acceptors (Lipinski definition) is 2. The average Bonchev–Trinajstić information content (AvgIpc) is 2.70. The molecule has 2 N–H and O–H groups in total. The minimum atomic E-state index is -0.249. The Hall–Kier alpha value is -1.84. The molecular formula is C13H16N2O2. The fourth-order valence-electron chi connectivity index (χ4n) is 2.03. The Labute approximate surface area is 100 Å². The van der Waals surface area contributed by atoms with E-state index in [-0.39, 0.29) is 24.2 Å². The van der Waals surface area contributed by atoms with Crippen LogP contribution >= 0.6 is 0 Å². The van der Waals surface area contributed by atoms with Gasteiger partial charge in [0.2, 0.25) is 11.8 Å². The van der Waals surface area contributed by atoms with Crippen molar-refractivity contribution in [1.82, 2.24) is 5.32 Å². The molecule has 1 unspecified atom stereocenters. The lowest BCUT2D eigenvalue weighted by Crippen LogP contribution is -2.25. The Morgan fingerprint density at radius 2 is 2.00 bits per heavy atom. The standard InChI is InChI=1S/C13H16N2O2/c1-8-4-3-5-9(2)12(8)15-13(17)10-6-11(16)14-7-10/h3-5,10H,6-7H2,1-2H3,(H,14,16)(H,15,17). The van der Waals surface area contributed by atoms with Crippen LogP contribution in [0.4, 0.5) is 5.69 Å². The van der Waals surface area contributed by atoms with E-state index in [2.05, 4.69) is 10.6 Å². The molecule has 1 aliphatic heterocycles. The highest BCUT2D eigenvalue weighted by Gasteiger charge is 2.28. The van der Waals surface area contributed by atoms with Gasteiger partial charge in [-0.3, -0.25) is 9.59 Å². The molecule has 4 heteroatoms. The van der Waals surface area contributed by atoms with E-state index < -0.39 is 0 Å². The zero-order valence-corrected chi connectivity index (χ0v) is 10.0. The molecular weight excluding hydrogens is 216 g/mol. The van der Waals surface area contributed by atoms with E-state index in [1.165, 1.54) is 0 Å². The third kappa shape index (κ3) is 2.46. The van der Waals surface area contributed by atoms with Gasteiger partial charge in [0.05, 0.1) is 5.92 Å². The predicted octanol–water partition coefficient (Wildman–Crippen LogP) is 1.38. The molecule has 1 aromatic carbocycles. The van der Waals surface area contributed by atoms with E-state index in [4.69, 9.17) is 0 Å². The molecule has 2 amide bonds. The molecule has 1 aromatic rings. The fraction of sp³-hybridized carbons (Fsp3) is 0.385. The molecule has 0 bridgehead atoms.